The van der Waals surface area contributed by atoms with E-state index in [2.05, 4.69) is 28.6 Å². The standard InChI is InChI=1S/C32H40N4O5/c1-6-13-24-20-25(21-27(40-7-2)30(24)41-22(3)4)36(5)31-23(15-12-19-33-31)14-10-8-9-11-16-28(37)34-26-17-18-29(38)35-32(26)39/h8-12,14-16,19-22,26H,6-7,13,17-18H2,1-5H3,(H,34,37)(H,35,38,39)/b9-8+,14-10+,16-11+. The first-order valence-electron chi connectivity index (χ1n) is 14.0. The quantitative estimate of drug-likeness (QED) is 0.201. The van der Waals surface area contributed by atoms with Gasteiger partial charge in [-0.25, -0.2) is 4.98 Å². The maximum atomic E-state index is 12.1. The fourth-order valence-electron chi connectivity index (χ4n) is 4.35. The van der Waals surface area contributed by atoms with Crippen molar-refractivity contribution in [3.8, 4) is 11.5 Å². The van der Waals surface area contributed by atoms with Crippen LogP contribution in [0.25, 0.3) is 6.08 Å². The highest BCUT2D eigenvalue weighted by molar-refractivity contribution is 6.02. The Morgan fingerprint density at radius 3 is 2.68 bits per heavy atom. The van der Waals surface area contributed by atoms with Gasteiger partial charge in [0.1, 0.15) is 11.9 Å². The van der Waals surface area contributed by atoms with E-state index in [0.717, 1.165) is 47.0 Å². The molecule has 41 heavy (non-hydrogen) atoms. The van der Waals surface area contributed by atoms with Gasteiger partial charge in [-0.1, -0.05) is 43.7 Å². The molecule has 0 spiro atoms. The summed E-state index contributed by atoms with van der Waals surface area (Å²) in [4.78, 5) is 41.8. The Bertz CT molecular complexity index is 1290. The minimum Gasteiger partial charge on any atom is -0.490 e. The average molecular weight is 561 g/mol. The summed E-state index contributed by atoms with van der Waals surface area (Å²) in [5.74, 6) is 1.10. The number of aromatic nitrogens is 1. The molecule has 1 aromatic carbocycles. The lowest BCUT2D eigenvalue weighted by atomic mass is 10.1. The summed E-state index contributed by atoms with van der Waals surface area (Å²) in [6.45, 7) is 8.66. The molecule has 218 valence electrons. The van der Waals surface area contributed by atoms with Gasteiger partial charge >= 0.3 is 0 Å². The van der Waals surface area contributed by atoms with Crippen molar-refractivity contribution in [2.24, 2.45) is 0 Å². The Morgan fingerprint density at radius 2 is 1.98 bits per heavy atom. The van der Waals surface area contributed by atoms with E-state index >= 15 is 0 Å². The number of amides is 3. The number of nitrogens with one attached hydrogen (secondary N) is 2. The summed E-state index contributed by atoms with van der Waals surface area (Å²) >= 11 is 0. The monoisotopic (exact) mass is 560 g/mol. The second-order valence-electron chi connectivity index (χ2n) is 9.87. The molecule has 1 saturated heterocycles. The molecule has 3 rings (SSSR count). The first-order chi connectivity index (χ1) is 19.7. The number of nitrogens with zero attached hydrogens (tertiary/aromatic N) is 2. The van der Waals surface area contributed by atoms with Crippen LogP contribution in [0.4, 0.5) is 11.5 Å². The number of hydrogen-bond acceptors (Lipinski definition) is 7. The summed E-state index contributed by atoms with van der Waals surface area (Å²) in [7, 11) is 1.98. The maximum Gasteiger partial charge on any atom is 0.249 e. The summed E-state index contributed by atoms with van der Waals surface area (Å²) in [5, 5.41) is 4.83. The predicted molar refractivity (Wildman–Crippen MR) is 161 cm³/mol. The molecular formula is C32H40N4O5. The van der Waals surface area contributed by atoms with Crippen molar-refractivity contribution in [1.29, 1.82) is 0 Å². The molecule has 0 radical (unpaired) electrons. The van der Waals surface area contributed by atoms with Gasteiger partial charge < -0.3 is 19.7 Å². The molecular weight excluding hydrogens is 520 g/mol. The van der Waals surface area contributed by atoms with E-state index in [-0.39, 0.29) is 18.4 Å². The van der Waals surface area contributed by atoms with Gasteiger partial charge in [-0.3, -0.25) is 19.7 Å². The van der Waals surface area contributed by atoms with Crippen molar-refractivity contribution < 1.29 is 23.9 Å². The lowest BCUT2D eigenvalue weighted by Crippen LogP contribution is -2.51. The summed E-state index contributed by atoms with van der Waals surface area (Å²) < 4.78 is 12.1. The minimum atomic E-state index is -0.698. The molecule has 9 nitrogen and oxygen atoms in total. The van der Waals surface area contributed by atoms with Crippen LogP contribution in [0, 0.1) is 0 Å². The maximum absolute atomic E-state index is 12.1. The summed E-state index contributed by atoms with van der Waals surface area (Å²) in [6, 6.07) is 7.30. The third-order valence-electron chi connectivity index (χ3n) is 6.22. The number of hydrogen-bond donors (Lipinski definition) is 2. The van der Waals surface area contributed by atoms with Gasteiger partial charge in [0.2, 0.25) is 17.7 Å². The van der Waals surface area contributed by atoms with E-state index in [1.165, 1.54) is 6.08 Å². The highest BCUT2D eigenvalue weighted by Crippen LogP contribution is 2.39. The van der Waals surface area contributed by atoms with Crippen LogP contribution in [0.3, 0.4) is 0 Å². The topological polar surface area (TPSA) is 110 Å². The zero-order valence-electron chi connectivity index (χ0n) is 24.5. The highest BCUT2D eigenvalue weighted by Gasteiger charge is 2.27. The van der Waals surface area contributed by atoms with E-state index < -0.39 is 17.9 Å². The second-order valence-corrected chi connectivity index (χ2v) is 9.87. The molecule has 1 aliphatic rings. The Kier molecular flexibility index (Phi) is 11.7. The molecule has 1 aliphatic heterocycles. The van der Waals surface area contributed by atoms with Gasteiger partial charge in [-0.2, -0.15) is 0 Å². The smallest absolute Gasteiger partial charge is 0.249 e. The number of ether oxygens (including phenoxy) is 2. The Balaban J connectivity index is 1.73. The molecule has 0 saturated carbocycles. The first kappa shape index (κ1) is 31.1. The number of carbonyl (C=O) groups is 3. The molecule has 3 amide bonds. The van der Waals surface area contributed by atoms with Gasteiger partial charge in [0.05, 0.1) is 12.7 Å². The average Bonchev–Trinajstić information content (AvgIpc) is 2.93. The van der Waals surface area contributed by atoms with Crippen LogP contribution in [0.2, 0.25) is 0 Å². The Morgan fingerprint density at radius 1 is 1.20 bits per heavy atom. The fraction of sp³-hybridized carbons (Fsp3) is 0.375. The van der Waals surface area contributed by atoms with Crippen molar-refractivity contribution in [2.75, 3.05) is 18.6 Å². The van der Waals surface area contributed by atoms with Crippen molar-refractivity contribution in [3.05, 3.63) is 72.0 Å². The normalized spacial score (nSPS) is 15.6. The van der Waals surface area contributed by atoms with Crippen LogP contribution < -0.4 is 25.0 Å². The van der Waals surface area contributed by atoms with Crippen LogP contribution >= 0.6 is 0 Å². The van der Waals surface area contributed by atoms with Gasteiger partial charge in [0.15, 0.2) is 11.5 Å². The summed E-state index contributed by atoms with van der Waals surface area (Å²) in [5.41, 5.74) is 2.96. The Labute approximate surface area is 242 Å². The highest BCUT2D eigenvalue weighted by atomic mass is 16.5. The molecule has 1 aromatic heterocycles. The van der Waals surface area contributed by atoms with Gasteiger partial charge in [0, 0.05) is 48.6 Å². The molecule has 1 fully saturated rings. The van der Waals surface area contributed by atoms with Crippen molar-refractivity contribution in [3.63, 3.8) is 0 Å². The number of piperidine rings is 1. The molecule has 1 atom stereocenters. The Hall–Kier alpha value is -4.40. The number of pyridine rings is 1. The molecule has 9 heteroatoms. The number of benzene rings is 1. The van der Waals surface area contributed by atoms with Crippen LogP contribution in [-0.4, -0.2) is 48.5 Å². The SMILES string of the molecule is CCCc1cc(N(C)c2ncccc2/C=C/C=C/C=C/C(=O)NC2CCC(=O)NC2=O)cc(OCC)c1OC(C)C. The van der Waals surface area contributed by atoms with Crippen LogP contribution in [0.15, 0.2) is 60.8 Å². The van der Waals surface area contributed by atoms with Gasteiger partial charge in [-0.05, 0) is 51.8 Å². The van der Waals surface area contributed by atoms with Gasteiger partial charge in [0.25, 0.3) is 0 Å². The second kappa shape index (κ2) is 15.4. The molecule has 2 aromatic rings. The van der Waals surface area contributed by atoms with Crippen molar-refractivity contribution in [2.45, 2.75) is 65.5 Å². The molecule has 2 heterocycles. The van der Waals surface area contributed by atoms with E-state index in [1.807, 2.05) is 63.1 Å². The third kappa shape index (κ3) is 9.06. The lowest BCUT2D eigenvalue weighted by Gasteiger charge is -2.24. The summed E-state index contributed by atoms with van der Waals surface area (Å²) in [6.07, 6.45) is 14.4. The van der Waals surface area contributed by atoms with Crippen LogP contribution in [-0.2, 0) is 20.8 Å². The third-order valence-corrected chi connectivity index (χ3v) is 6.22. The number of anilines is 2. The largest absolute Gasteiger partial charge is 0.490 e. The zero-order valence-corrected chi connectivity index (χ0v) is 24.5. The van der Waals surface area contributed by atoms with E-state index in [4.69, 9.17) is 9.47 Å². The number of imide groups is 1. The van der Waals surface area contributed by atoms with E-state index in [0.29, 0.717) is 13.0 Å². The lowest BCUT2D eigenvalue weighted by molar-refractivity contribution is -0.136. The number of allylic oxidation sites excluding steroid dienone is 4. The van der Waals surface area contributed by atoms with Crippen LogP contribution in [0.5, 0.6) is 11.5 Å². The molecule has 0 bridgehead atoms. The predicted octanol–water partition coefficient (Wildman–Crippen LogP) is 5.03. The van der Waals surface area contributed by atoms with Gasteiger partial charge in [-0.15, -0.1) is 0 Å². The minimum absolute atomic E-state index is 0.0311. The molecule has 0 aliphatic carbocycles. The number of rotatable bonds is 13. The van der Waals surface area contributed by atoms with Crippen molar-refractivity contribution in [1.82, 2.24) is 15.6 Å². The van der Waals surface area contributed by atoms with E-state index in [1.54, 1.807) is 24.4 Å². The van der Waals surface area contributed by atoms with E-state index in [9.17, 15) is 14.4 Å². The molecule has 1 unspecified atom stereocenters. The van der Waals surface area contributed by atoms with Crippen molar-refractivity contribution >= 4 is 35.3 Å². The molecule has 2 N–H and O–H groups in total. The zero-order chi connectivity index (χ0) is 29.8. The van der Waals surface area contributed by atoms with Crippen LogP contribution in [0.1, 0.15) is 58.1 Å². The fourth-order valence-corrected chi connectivity index (χ4v) is 4.35. The number of carbonyl (C=O) groups excluding carboxylic acids is 3. The number of aryl methyl sites for hydroxylation is 1. The first-order valence-corrected chi connectivity index (χ1v) is 14.0.